The topological polar surface area (TPSA) is 29.5 Å². The monoisotopic (exact) mass is 1430 g/mol. The highest BCUT2D eigenvalue weighted by molar-refractivity contribution is 7.26. The lowest BCUT2D eigenvalue weighted by molar-refractivity contribution is 0.497. The van der Waals surface area contributed by atoms with Crippen molar-refractivity contribution in [3.05, 3.63) is 313 Å². The van der Waals surface area contributed by atoms with Gasteiger partial charge in [-0.2, -0.15) is 0 Å². The van der Waals surface area contributed by atoms with Gasteiger partial charge in [-0.05, 0) is 181 Å². The summed E-state index contributed by atoms with van der Waals surface area (Å²) >= 11 is 1.85. The van der Waals surface area contributed by atoms with Gasteiger partial charge < -0.3 is 23.4 Å². The summed E-state index contributed by atoms with van der Waals surface area (Å²) in [5, 5.41) is 8.50. The molecule has 17 aromatic rings. The second kappa shape index (κ2) is 24.4. The second-order valence-corrected chi connectivity index (χ2v) is 35.8. The summed E-state index contributed by atoms with van der Waals surface area (Å²) in [5.41, 5.74) is 32.1. The highest BCUT2D eigenvalue weighted by Crippen LogP contribution is 2.54. The van der Waals surface area contributed by atoms with Gasteiger partial charge in [0.1, 0.15) is 11.2 Å². The first-order valence-corrected chi connectivity index (χ1v) is 39.7. The number of para-hydroxylation sites is 3. The van der Waals surface area contributed by atoms with E-state index in [0.717, 1.165) is 114 Å². The summed E-state index contributed by atoms with van der Waals surface area (Å²) in [4.78, 5) is 5.36. The first-order chi connectivity index (χ1) is 52.6. The largest absolute Gasteiger partial charge is 0.455 e. The van der Waals surface area contributed by atoms with Gasteiger partial charge in [0, 0.05) is 116 Å². The Bertz CT molecular complexity index is 6670. The molecule has 0 N–H and O–H groups in total. The predicted molar refractivity (Wildman–Crippen MR) is 469 cm³/mol. The van der Waals surface area contributed by atoms with Crippen molar-refractivity contribution in [2.45, 2.75) is 112 Å². The lowest BCUT2D eigenvalue weighted by Crippen LogP contribution is -2.61. The standard InChI is InChI=1S/C102H87BN4OS/c1-99(2,3)65-32-19-23-40-84-78(58-65)79-59-68(102(10,11)12)44-51-87(79)105(84)70-46-48-81-89(61-70)107(86-50-43-67(101(7,8)9)57-77(86)63-30-17-14-18-31-63)91-55-64(71-36-27-37-75-95-92(108-98(71)75)52-53-94-96(95)74-35-22-26-41-93(74)109-94)54-90-97(91)103(81)80-47-45-69(104-82-38-24-20-33-72(82)73-34-21-25-39-83(73)104)60-88(80)106(90)85-49-42-66(100(4,5)6)56-76(85)62-28-15-13-16-29-62/h13-31,33-39,41-61H,32,40H2,1-12H3/b23-19-,65-58+. The molecular formula is C102H87BN4OS. The number of thiophene rings is 1. The Balaban J connectivity index is 0.951. The number of allylic oxidation sites excluding steroid dienone is 3. The molecule has 3 aliphatic rings. The maximum absolute atomic E-state index is 7.49. The Hall–Kier alpha value is -11.6. The number of fused-ring (bicyclic) bond motifs is 17. The van der Waals surface area contributed by atoms with Crippen LogP contribution in [0.2, 0.25) is 0 Å². The van der Waals surface area contributed by atoms with Crippen molar-refractivity contribution in [2.24, 2.45) is 5.41 Å². The number of aromatic nitrogens is 2. The zero-order valence-corrected chi connectivity index (χ0v) is 65.0. The second-order valence-electron chi connectivity index (χ2n) is 34.8. The highest BCUT2D eigenvalue weighted by atomic mass is 32.1. The Morgan fingerprint density at radius 1 is 0.349 bits per heavy atom. The van der Waals surface area contributed by atoms with E-state index < -0.39 is 0 Å². The van der Waals surface area contributed by atoms with Crippen LogP contribution in [0.4, 0.5) is 34.1 Å². The molecule has 0 spiro atoms. The summed E-state index contributed by atoms with van der Waals surface area (Å²) in [6.45, 7) is 27.9. The highest BCUT2D eigenvalue weighted by Gasteiger charge is 2.46. The van der Waals surface area contributed by atoms with Crippen molar-refractivity contribution in [2.75, 3.05) is 9.80 Å². The molecule has 109 heavy (non-hydrogen) atoms. The van der Waals surface area contributed by atoms with Gasteiger partial charge in [0.15, 0.2) is 0 Å². The van der Waals surface area contributed by atoms with Crippen LogP contribution < -0.4 is 26.2 Å². The quantitative estimate of drug-likeness (QED) is 0.118. The van der Waals surface area contributed by atoms with Crippen LogP contribution in [0.25, 0.3) is 126 Å². The number of hydrogen-bond acceptors (Lipinski definition) is 4. The Morgan fingerprint density at radius 2 is 0.862 bits per heavy atom. The third kappa shape index (κ3) is 10.6. The third-order valence-corrected chi connectivity index (χ3v) is 25.0. The first-order valence-electron chi connectivity index (χ1n) is 38.9. The molecule has 4 aromatic heterocycles. The Morgan fingerprint density at radius 3 is 1.45 bits per heavy atom. The molecule has 2 aliphatic heterocycles. The van der Waals surface area contributed by atoms with Crippen molar-refractivity contribution in [3.63, 3.8) is 0 Å². The fourth-order valence-electron chi connectivity index (χ4n) is 18.2. The molecule has 0 unspecified atom stereocenters. The van der Waals surface area contributed by atoms with Crippen LogP contribution in [0.15, 0.2) is 289 Å². The van der Waals surface area contributed by atoms with E-state index in [1.54, 1.807) is 0 Å². The Labute approximate surface area is 643 Å². The number of hydrogen-bond donors (Lipinski definition) is 0. The van der Waals surface area contributed by atoms with Gasteiger partial charge in [0.2, 0.25) is 0 Å². The van der Waals surface area contributed by atoms with E-state index in [0.29, 0.717) is 0 Å². The van der Waals surface area contributed by atoms with Crippen LogP contribution in [-0.2, 0) is 22.7 Å². The van der Waals surface area contributed by atoms with Crippen molar-refractivity contribution in [1.82, 2.24) is 9.13 Å². The van der Waals surface area contributed by atoms with Crippen LogP contribution in [0.1, 0.15) is 117 Å². The molecular weight excluding hydrogens is 1340 g/mol. The molecule has 0 bridgehead atoms. The van der Waals surface area contributed by atoms with Crippen LogP contribution >= 0.6 is 11.3 Å². The molecule has 6 heterocycles. The zero-order chi connectivity index (χ0) is 74.3. The average Bonchev–Trinajstić information content (AvgIpc) is 1.05. The molecule has 0 atom stereocenters. The number of nitrogens with zero attached hydrogens (tertiary/aromatic N) is 4. The predicted octanol–water partition coefficient (Wildman–Crippen LogP) is 26.9. The third-order valence-electron chi connectivity index (χ3n) is 23.9. The van der Waals surface area contributed by atoms with E-state index in [1.165, 1.54) is 103 Å². The minimum Gasteiger partial charge on any atom is -0.455 e. The fraction of sp³-hybridized carbons (Fsp3) is 0.176. The van der Waals surface area contributed by atoms with Crippen LogP contribution in [0.3, 0.4) is 0 Å². The van der Waals surface area contributed by atoms with Crippen LogP contribution in [0, 0.1) is 5.41 Å². The van der Waals surface area contributed by atoms with E-state index in [4.69, 9.17) is 4.42 Å². The maximum Gasteiger partial charge on any atom is 0.252 e. The SMILES string of the molecule is CC(C)(C)/C1=C/c2c(n(-c3ccc4c(c3)N(c3ccc(C(C)(C)C)cc3-c3ccccc3)c3cc(-c5cccc6c5oc5ccc7sc8ccccc8c7c56)cc5c3B4c3ccc(-n4c6ccccc6c6ccccc64)cc3N5c3ccc(C(C)(C)C)cc3-c3ccccc3)c3ccc(C(C)(C)C)cc23)C/C=C\C1. The maximum atomic E-state index is 7.49. The number of furan rings is 1. The van der Waals surface area contributed by atoms with Crippen LogP contribution in [0.5, 0.6) is 0 Å². The molecule has 0 amide bonds. The molecule has 0 fully saturated rings. The van der Waals surface area contributed by atoms with Gasteiger partial charge in [-0.15, -0.1) is 11.3 Å². The zero-order valence-electron chi connectivity index (χ0n) is 64.2. The molecule has 1 aliphatic carbocycles. The van der Waals surface area contributed by atoms with Gasteiger partial charge in [-0.1, -0.05) is 271 Å². The smallest absolute Gasteiger partial charge is 0.252 e. The van der Waals surface area contributed by atoms with Crippen molar-refractivity contribution in [1.29, 1.82) is 0 Å². The van der Waals surface area contributed by atoms with Gasteiger partial charge in [0.05, 0.1) is 27.9 Å². The summed E-state index contributed by atoms with van der Waals surface area (Å²) < 4.78 is 15.1. The minimum atomic E-state index is -0.250. The molecule has 20 rings (SSSR count). The molecule has 13 aromatic carbocycles. The van der Waals surface area contributed by atoms with Crippen LogP contribution in [-0.4, -0.2) is 15.8 Å². The Kier molecular flexibility index (Phi) is 15.0. The van der Waals surface area contributed by atoms with Crippen molar-refractivity contribution >= 4 is 149 Å². The number of rotatable bonds is 7. The molecule has 0 radical (unpaired) electrons. The van der Waals surface area contributed by atoms with Gasteiger partial charge in [0.25, 0.3) is 6.71 Å². The van der Waals surface area contributed by atoms with Crippen molar-refractivity contribution < 1.29 is 4.42 Å². The normalized spacial score (nSPS) is 14.7. The average molecular weight is 1430 g/mol. The lowest BCUT2D eigenvalue weighted by Gasteiger charge is -2.45. The van der Waals surface area contributed by atoms with E-state index in [2.05, 4.69) is 387 Å². The first kappa shape index (κ1) is 66.8. The number of benzene rings is 13. The van der Waals surface area contributed by atoms with E-state index in [-0.39, 0.29) is 28.4 Å². The van der Waals surface area contributed by atoms with Crippen molar-refractivity contribution in [3.8, 4) is 44.8 Å². The summed E-state index contributed by atoms with van der Waals surface area (Å²) in [7, 11) is 0. The van der Waals surface area contributed by atoms with Gasteiger partial charge >= 0.3 is 0 Å². The number of anilines is 6. The van der Waals surface area contributed by atoms with Gasteiger partial charge in [-0.3, -0.25) is 0 Å². The molecule has 530 valence electrons. The summed E-state index contributed by atoms with van der Waals surface area (Å²) in [5.74, 6) is 0. The molecule has 5 nitrogen and oxygen atoms in total. The molecule has 0 saturated heterocycles. The fourth-order valence-corrected chi connectivity index (χ4v) is 19.3. The summed E-state index contributed by atoms with van der Waals surface area (Å²) in [6.07, 6.45) is 9.10. The van der Waals surface area contributed by atoms with Gasteiger partial charge in [-0.25, -0.2) is 0 Å². The molecule has 0 saturated carbocycles. The summed E-state index contributed by atoms with van der Waals surface area (Å²) in [6, 6.07) is 102. The van der Waals surface area contributed by atoms with E-state index in [9.17, 15) is 0 Å². The minimum absolute atomic E-state index is 0.0398. The molecule has 7 heteroatoms. The van der Waals surface area contributed by atoms with E-state index in [1.807, 2.05) is 11.3 Å². The lowest BCUT2D eigenvalue weighted by atomic mass is 9.33. The van der Waals surface area contributed by atoms with E-state index >= 15 is 0 Å².